The van der Waals surface area contributed by atoms with Gasteiger partial charge in [-0.2, -0.15) is 0 Å². The maximum atomic E-state index is 10.2. The second-order valence-electron chi connectivity index (χ2n) is 1.98. The summed E-state index contributed by atoms with van der Waals surface area (Å²) in [5.41, 5.74) is 0.327. The van der Waals surface area contributed by atoms with Crippen molar-refractivity contribution < 1.29 is 9.90 Å². The number of aliphatic hydroxyl groups is 1. The molecule has 3 heteroatoms. The van der Waals surface area contributed by atoms with Crippen LogP contribution in [0.1, 0.15) is 6.42 Å². The molecule has 0 aromatic rings. The lowest BCUT2D eigenvalue weighted by molar-refractivity contribution is -0.104. The zero-order chi connectivity index (χ0) is 7.56. The number of thiocarbonyl (C=S) groups is 1. The van der Waals surface area contributed by atoms with Crippen LogP contribution in [-0.4, -0.2) is 16.3 Å². The van der Waals surface area contributed by atoms with Crippen molar-refractivity contribution in [1.82, 2.24) is 0 Å². The minimum atomic E-state index is -0.0220. The van der Waals surface area contributed by atoms with E-state index in [1.165, 1.54) is 6.08 Å². The van der Waals surface area contributed by atoms with Crippen LogP contribution >= 0.6 is 12.2 Å². The molecule has 1 rings (SSSR count). The van der Waals surface area contributed by atoms with Crippen LogP contribution in [0.25, 0.3) is 0 Å². The lowest BCUT2D eigenvalue weighted by Gasteiger charge is -2.04. The first-order valence-corrected chi connectivity index (χ1v) is 3.24. The van der Waals surface area contributed by atoms with Crippen LogP contribution in [0.15, 0.2) is 23.5 Å². The van der Waals surface area contributed by atoms with Gasteiger partial charge in [-0.15, -0.1) is 0 Å². The molecule has 0 fully saturated rings. The minimum Gasteiger partial charge on any atom is -0.507 e. The van der Waals surface area contributed by atoms with Crippen molar-refractivity contribution in [1.29, 1.82) is 0 Å². The molecule has 0 aromatic heterocycles. The van der Waals surface area contributed by atoms with E-state index in [0.717, 1.165) is 0 Å². The van der Waals surface area contributed by atoms with Gasteiger partial charge in [-0.05, 0) is 6.08 Å². The highest BCUT2D eigenvalue weighted by Crippen LogP contribution is 2.12. The highest BCUT2D eigenvalue weighted by Gasteiger charge is 2.07. The Kier molecular flexibility index (Phi) is 1.97. The van der Waals surface area contributed by atoms with Crippen molar-refractivity contribution in [2.45, 2.75) is 6.42 Å². The number of aldehydes is 1. The number of allylic oxidation sites excluding steroid dienone is 3. The number of rotatable bonds is 1. The van der Waals surface area contributed by atoms with Crippen LogP contribution in [0.2, 0.25) is 0 Å². The van der Waals surface area contributed by atoms with Crippen LogP contribution in [-0.2, 0) is 4.79 Å². The highest BCUT2D eigenvalue weighted by atomic mass is 32.1. The molecule has 0 bridgehead atoms. The van der Waals surface area contributed by atoms with Crippen molar-refractivity contribution in [2.75, 3.05) is 0 Å². The molecule has 1 aliphatic rings. The first kappa shape index (κ1) is 7.15. The topological polar surface area (TPSA) is 37.3 Å². The standard InChI is InChI=1S/C7H6O2S/c8-4-5-1-2-6(10)3-7(5)9/h1,3-4,9H,2H2. The fourth-order valence-corrected chi connectivity index (χ4v) is 0.913. The monoisotopic (exact) mass is 154 g/mol. The predicted octanol–water partition coefficient (Wildman–Crippen LogP) is 1.33. The summed E-state index contributed by atoms with van der Waals surface area (Å²) in [7, 11) is 0. The van der Waals surface area contributed by atoms with Gasteiger partial charge < -0.3 is 5.11 Å². The molecule has 0 aliphatic heterocycles. The number of aliphatic hydroxyl groups excluding tert-OH is 1. The van der Waals surface area contributed by atoms with E-state index in [0.29, 0.717) is 23.1 Å². The van der Waals surface area contributed by atoms with Gasteiger partial charge in [0.15, 0.2) is 6.29 Å². The number of carbonyl (C=O) groups excluding carboxylic acids is 1. The largest absolute Gasteiger partial charge is 0.507 e. The third-order valence-corrected chi connectivity index (χ3v) is 1.53. The lowest BCUT2D eigenvalue weighted by atomic mass is 10.1. The van der Waals surface area contributed by atoms with E-state index in [4.69, 9.17) is 17.3 Å². The Balaban J connectivity index is 2.91. The molecule has 1 aliphatic carbocycles. The van der Waals surface area contributed by atoms with Crippen LogP contribution in [0, 0.1) is 0 Å². The summed E-state index contributed by atoms with van der Waals surface area (Å²) >= 11 is 4.79. The lowest BCUT2D eigenvalue weighted by Crippen LogP contribution is -2.01. The molecule has 0 amide bonds. The van der Waals surface area contributed by atoms with Gasteiger partial charge >= 0.3 is 0 Å². The van der Waals surface area contributed by atoms with E-state index in [1.807, 2.05) is 0 Å². The average Bonchev–Trinajstić information content (AvgIpc) is 1.88. The quantitative estimate of drug-likeness (QED) is 0.457. The fraction of sp³-hybridized carbons (Fsp3) is 0.143. The minimum absolute atomic E-state index is 0.0220. The van der Waals surface area contributed by atoms with Crippen molar-refractivity contribution in [3.8, 4) is 0 Å². The molecule has 10 heavy (non-hydrogen) atoms. The van der Waals surface area contributed by atoms with Crippen molar-refractivity contribution in [3.05, 3.63) is 23.5 Å². The Labute approximate surface area is 63.9 Å². The Hall–Kier alpha value is -0.960. The van der Waals surface area contributed by atoms with E-state index in [-0.39, 0.29) is 5.76 Å². The molecule has 0 saturated heterocycles. The molecule has 2 nitrogen and oxygen atoms in total. The van der Waals surface area contributed by atoms with E-state index in [2.05, 4.69) is 0 Å². The molecule has 0 radical (unpaired) electrons. The Morgan fingerprint density at radius 2 is 2.40 bits per heavy atom. The van der Waals surface area contributed by atoms with Gasteiger partial charge in [0.1, 0.15) is 5.76 Å². The summed E-state index contributed by atoms with van der Waals surface area (Å²) in [6, 6.07) is 0. The first-order valence-electron chi connectivity index (χ1n) is 2.83. The second kappa shape index (κ2) is 2.75. The van der Waals surface area contributed by atoms with Crippen LogP contribution < -0.4 is 0 Å². The zero-order valence-electron chi connectivity index (χ0n) is 5.20. The molecule has 1 N–H and O–H groups in total. The van der Waals surface area contributed by atoms with Gasteiger partial charge in [0, 0.05) is 11.3 Å². The van der Waals surface area contributed by atoms with Crippen LogP contribution in [0.5, 0.6) is 0 Å². The summed E-state index contributed by atoms with van der Waals surface area (Å²) in [6.07, 6.45) is 4.24. The fourth-order valence-electron chi connectivity index (χ4n) is 0.718. The van der Waals surface area contributed by atoms with Gasteiger partial charge in [-0.1, -0.05) is 18.3 Å². The normalized spacial score (nSPS) is 17.8. The van der Waals surface area contributed by atoms with Crippen LogP contribution in [0.4, 0.5) is 0 Å². The van der Waals surface area contributed by atoms with Gasteiger partial charge in [0.2, 0.25) is 0 Å². The molecule has 0 aromatic carbocycles. The summed E-state index contributed by atoms with van der Waals surface area (Å²) in [4.78, 5) is 10.8. The number of carbonyl (C=O) groups is 1. The Morgan fingerprint density at radius 3 is 2.90 bits per heavy atom. The molecule has 0 unspecified atom stereocenters. The third-order valence-electron chi connectivity index (χ3n) is 1.24. The van der Waals surface area contributed by atoms with Crippen molar-refractivity contribution >= 4 is 23.4 Å². The summed E-state index contributed by atoms with van der Waals surface area (Å²) in [6.45, 7) is 0. The maximum absolute atomic E-state index is 10.2. The third kappa shape index (κ3) is 1.30. The number of hydrogen-bond acceptors (Lipinski definition) is 3. The Morgan fingerprint density at radius 1 is 1.70 bits per heavy atom. The SMILES string of the molecule is O=CC1=CCC(=S)C=C1O. The molecule has 0 atom stereocenters. The summed E-state index contributed by atoms with van der Waals surface area (Å²) in [5, 5.41) is 9.01. The zero-order valence-corrected chi connectivity index (χ0v) is 6.02. The molecule has 0 heterocycles. The predicted molar refractivity (Wildman–Crippen MR) is 42.1 cm³/mol. The molecule has 52 valence electrons. The van der Waals surface area contributed by atoms with Crippen molar-refractivity contribution in [2.24, 2.45) is 0 Å². The molecular weight excluding hydrogens is 148 g/mol. The molecule has 0 spiro atoms. The van der Waals surface area contributed by atoms with E-state index in [1.54, 1.807) is 6.08 Å². The summed E-state index contributed by atoms with van der Waals surface area (Å²) < 4.78 is 0. The smallest absolute Gasteiger partial charge is 0.153 e. The highest BCUT2D eigenvalue weighted by molar-refractivity contribution is 7.80. The first-order chi connectivity index (χ1) is 4.74. The Bertz CT molecular complexity index is 238. The number of hydrogen-bond donors (Lipinski definition) is 1. The summed E-state index contributed by atoms with van der Waals surface area (Å²) in [5.74, 6) is -0.0220. The van der Waals surface area contributed by atoms with Crippen LogP contribution in [0.3, 0.4) is 0 Å². The molecule has 0 saturated carbocycles. The van der Waals surface area contributed by atoms with E-state index >= 15 is 0 Å². The second-order valence-corrected chi connectivity index (χ2v) is 2.50. The van der Waals surface area contributed by atoms with Crippen molar-refractivity contribution in [3.63, 3.8) is 0 Å². The molecular formula is C7H6O2S. The van der Waals surface area contributed by atoms with Gasteiger partial charge in [0.25, 0.3) is 0 Å². The maximum Gasteiger partial charge on any atom is 0.153 e. The van der Waals surface area contributed by atoms with Gasteiger partial charge in [-0.3, -0.25) is 4.79 Å². The average molecular weight is 154 g/mol. The van der Waals surface area contributed by atoms with E-state index in [9.17, 15) is 4.79 Å². The van der Waals surface area contributed by atoms with Gasteiger partial charge in [0.05, 0.1) is 5.57 Å². The van der Waals surface area contributed by atoms with Gasteiger partial charge in [-0.25, -0.2) is 0 Å². The van der Waals surface area contributed by atoms with E-state index < -0.39 is 0 Å².